The van der Waals surface area contributed by atoms with Crippen molar-refractivity contribution in [1.29, 1.82) is 0 Å². The van der Waals surface area contributed by atoms with Gasteiger partial charge in [-0.25, -0.2) is 0 Å². The zero-order valence-corrected chi connectivity index (χ0v) is 14.9. The van der Waals surface area contributed by atoms with Gasteiger partial charge in [-0.3, -0.25) is 9.80 Å². The third-order valence-corrected chi connectivity index (χ3v) is 4.24. The van der Waals surface area contributed by atoms with Crippen molar-refractivity contribution in [2.75, 3.05) is 18.9 Å². The maximum absolute atomic E-state index is 13.1. The highest BCUT2D eigenvalue weighted by molar-refractivity contribution is 6.12. The zero-order valence-electron chi connectivity index (χ0n) is 14.9. The normalized spacial score (nSPS) is 19.1. The van der Waals surface area contributed by atoms with Crippen molar-refractivity contribution >= 4 is 17.3 Å². The Morgan fingerprint density at radius 3 is 2.56 bits per heavy atom. The van der Waals surface area contributed by atoms with E-state index < -0.39 is 23.7 Å². The lowest BCUT2D eigenvalue weighted by molar-refractivity contribution is -0.119. The standard InChI is InChI=1S/C18H24F3N3O/c1-11(2)9-12(3)13-7-5-6-8-15(13)22-17(25)14-10-24(4)23-16(14)18(19,20)21/h5-8,11-12,14H,9-10H2,1-4H3,(H,22,25). The van der Waals surface area contributed by atoms with Gasteiger partial charge in [0.15, 0.2) is 5.71 Å². The lowest BCUT2D eigenvalue weighted by Crippen LogP contribution is -2.38. The molecule has 25 heavy (non-hydrogen) atoms. The molecule has 2 rings (SSSR count). The number of para-hydroxylation sites is 1. The Hall–Kier alpha value is -2.05. The van der Waals surface area contributed by atoms with Crippen LogP contribution >= 0.6 is 0 Å². The molecule has 0 radical (unpaired) electrons. The van der Waals surface area contributed by atoms with Crippen LogP contribution in [0.25, 0.3) is 0 Å². The lowest BCUT2D eigenvalue weighted by Gasteiger charge is -2.20. The fourth-order valence-corrected chi connectivity index (χ4v) is 3.20. The summed E-state index contributed by atoms with van der Waals surface area (Å²) in [5, 5.41) is 7.30. The molecule has 1 amide bonds. The number of hydrazone groups is 1. The maximum atomic E-state index is 13.1. The number of anilines is 1. The van der Waals surface area contributed by atoms with E-state index in [-0.39, 0.29) is 12.5 Å². The van der Waals surface area contributed by atoms with Crippen molar-refractivity contribution in [2.45, 2.75) is 39.3 Å². The lowest BCUT2D eigenvalue weighted by atomic mass is 9.90. The van der Waals surface area contributed by atoms with E-state index in [4.69, 9.17) is 0 Å². The Morgan fingerprint density at radius 1 is 1.32 bits per heavy atom. The smallest absolute Gasteiger partial charge is 0.325 e. The Labute approximate surface area is 146 Å². The van der Waals surface area contributed by atoms with E-state index in [0.29, 0.717) is 11.6 Å². The summed E-state index contributed by atoms with van der Waals surface area (Å²) in [7, 11) is 1.43. The van der Waals surface area contributed by atoms with E-state index >= 15 is 0 Å². The van der Waals surface area contributed by atoms with E-state index in [1.807, 2.05) is 12.1 Å². The molecule has 0 saturated heterocycles. The quantitative estimate of drug-likeness (QED) is 0.858. The van der Waals surface area contributed by atoms with Gasteiger partial charge in [0.1, 0.15) is 5.92 Å². The second-order valence-corrected chi connectivity index (χ2v) is 6.98. The molecule has 0 aromatic heterocycles. The molecule has 1 N–H and O–H groups in total. The first-order chi connectivity index (χ1) is 11.6. The summed E-state index contributed by atoms with van der Waals surface area (Å²) in [6, 6.07) is 7.27. The van der Waals surface area contributed by atoms with E-state index in [1.165, 1.54) is 7.05 Å². The molecule has 1 aliphatic heterocycles. The predicted octanol–water partition coefficient (Wildman–Crippen LogP) is 4.25. The van der Waals surface area contributed by atoms with Crippen molar-refractivity contribution < 1.29 is 18.0 Å². The highest BCUT2D eigenvalue weighted by Crippen LogP contribution is 2.31. The molecule has 0 aliphatic carbocycles. The molecule has 0 spiro atoms. The number of hydrogen-bond donors (Lipinski definition) is 1. The third kappa shape index (κ3) is 4.74. The topological polar surface area (TPSA) is 44.7 Å². The number of halogens is 3. The fraction of sp³-hybridized carbons (Fsp3) is 0.556. The molecule has 0 fully saturated rings. The molecule has 2 atom stereocenters. The number of nitrogens with one attached hydrogen (secondary N) is 1. The maximum Gasteiger partial charge on any atom is 0.432 e. The Bertz CT molecular complexity index is 655. The van der Waals surface area contributed by atoms with Crippen molar-refractivity contribution in [3.8, 4) is 0 Å². The molecule has 1 aromatic rings. The van der Waals surface area contributed by atoms with Gasteiger partial charge in [-0.2, -0.15) is 18.3 Å². The van der Waals surface area contributed by atoms with Gasteiger partial charge in [-0.15, -0.1) is 0 Å². The van der Waals surface area contributed by atoms with Crippen LogP contribution in [0.4, 0.5) is 18.9 Å². The van der Waals surface area contributed by atoms with E-state index in [0.717, 1.165) is 17.0 Å². The molecule has 7 heteroatoms. The van der Waals surface area contributed by atoms with Gasteiger partial charge in [0.25, 0.3) is 0 Å². The number of carbonyl (C=O) groups excluding carboxylic acids is 1. The third-order valence-electron chi connectivity index (χ3n) is 4.24. The number of benzene rings is 1. The summed E-state index contributed by atoms with van der Waals surface area (Å²) in [5.41, 5.74) is 0.457. The second kappa shape index (κ2) is 7.45. The van der Waals surface area contributed by atoms with Crippen LogP contribution in [-0.4, -0.2) is 36.4 Å². The predicted molar refractivity (Wildman–Crippen MR) is 92.6 cm³/mol. The molecule has 1 aliphatic rings. The average molecular weight is 355 g/mol. The molecule has 1 heterocycles. The van der Waals surface area contributed by atoms with Gasteiger partial charge in [0, 0.05) is 12.7 Å². The Kier molecular flexibility index (Phi) is 5.75. The highest BCUT2D eigenvalue weighted by atomic mass is 19.4. The van der Waals surface area contributed by atoms with Crippen LogP contribution in [-0.2, 0) is 4.79 Å². The number of hydrogen-bond acceptors (Lipinski definition) is 3. The van der Waals surface area contributed by atoms with Crippen molar-refractivity contribution in [1.82, 2.24) is 5.01 Å². The number of rotatable bonds is 5. The first-order valence-electron chi connectivity index (χ1n) is 8.36. The fourth-order valence-electron chi connectivity index (χ4n) is 3.20. The van der Waals surface area contributed by atoms with Crippen molar-refractivity contribution in [2.24, 2.45) is 16.9 Å². The van der Waals surface area contributed by atoms with Crippen LogP contribution in [0.5, 0.6) is 0 Å². The van der Waals surface area contributed by atoms with Gasteiger partial charge in [0.05, 0.1) is 6.54 Å². The Morgan fingerprint density at radius 2 is 1.96 bits per heavy atom. The van der Waals surface area contributed by atoms with Crippen LogP contribution < -0.4 is 5.32 Å². The van der Waals surface area contributed by atoms with Crippen molar-refractivity contribution in [3.63, 3.8) is 0 Å². The summed E-state index contributed by atoms with van der Waals surface area (Å²) in [6.07, 6.45) is -3.69. The minimum Gasteiger partial charge on any atom is -0.325 e. The summed E-state index contributed by atoms with van der Waals surface area (Å²) < 4.78 is 39.3. The van der Waals surface area contributed by atoms with Gasteiger partial charge in [-0.1, -0.05) is 39.0 Å². The molecule has 0 bridgehead atoms. The number of amides is 1. The average Bonchev–Trinajstić information content (AvgIpc) is 2.89. The molecule has 2 unspecified atom stereocenters. The van der Waals surface area contributed by atoms with Crippen LogP contribution in [0, 0.1) is 11.8 Å². The molecular formula is C18H24F3N3O. The van der Waals surface area contributed by atoms with Gasteiger partial charge in [-0.05, 0) is 29.9 Å². The molecular weight excluding hydrogens is 331 g/mol. The van der Waals surface area contributed by atoms with Crippen LogP contribution in [0.1, 0.15) is 38.7 Å². The SMILES string of the molecule is CC(C)CC(C)c1ccccc1NC(=O)C1CN(C)N=C1C(F)(F)F. The molecule has 138 valence electrons. The van der Waals surface area contributed by atoms with E-state index in [1.54, 1.807) is 12.1 Å². The summed E-state index contributed by atoms with van der Waals surface area (Å²) >= 11 is 0. The first-order valence-corrected chi connectivity index (χ1v) is 8.36. The minimum absolute atomic E-state index is 0.0790. The zero-order chi connectivity index (χ0) is 18.8. The van der Waals surface area contributed by atoms with Crippen LogP contribution in [0.2, 0.25) is 0 Å². The van der Waals surface area contributed by atoms with Gasteiger partial charge in [0.2, 0.25) is 5.91 Å². The summed E-state index contributed by atoms with van der Waals surface area (Å²) in [4.78, 5) is 12.5. The van der Waals surface area contributed by atoms with E-state index in [9.17, 15) is 18.0 Å². The summed E-state index contributed by atoms with van der Waals surface area (Å²) in [5.74, 6) is -1.33. The van der Waals surface area contributed by atoms with Crippen LogP contribution in [0.15, 0.2) is 29.4 Å². The first kappa shape index (κ1) is 19.3. The highest BCUT2D eigenvalue weighted by Gasteiger charge is 2.47. The number of carbonyl (C=O) groups is 1. The molecule has 1 aromatic carbocycles. The minimum atomic E-state index is -4.61. The van der Waals surface area contributed by atoms with Crippen molar-refractivity contribution in [3.05, 3.63) is 29.8 Å². The number of nitrogens with zero attached hydrogens (tertiary/aromatic N) is 2. The van der Waals surface area contributed by atoms with Gasteiger partial charge >= 0.3 is 6.18 Å². The monoisotopic (exact) mass is 355 g/mol. The van der Waals surface area contributed by atoms with Gasteiger partial charge < -0.3 is 5.32 Å². The van der Waals surface area contributed by atoms with Crippen LogP contribution in [0.3, 0.4) is 0 Å². The molecule has 0 saturated carbocycles. The number of alkyl halides is 3. The largest absolute Gasteiger partial charge is 0.432 e. The second-order valence-electron chi connectivity index (χ2n) is 6.98. The molecule has 4 nitrogen and oxygen atoms in total. The van der Waals surface area contributed by atoms with E-state index in [2.05, 4.69) is 31.2 Å². The summed E-state index contributed by atoms with van der Waals surface area (Å²) in [6.45, 7) is 6.19. The Balaban J connectivity index is 2.20.